The summed E-state index contributed by atoms with van der Waals surface area (Å²) in [6.45, 7) is 5.47. The molecule has 0 saturated heterocycles. The van der Waals surface area contributed by atoms with E-state index in [1.54, 1.807) is 12.1 Å². The molecule has 4 heteroatoms. The molecule has 0 spiro atoms. The number of aliphatic hydroxyl groups excluding tert-OH is 2. The summed E-state index contributed by atoms with van der Waals surface area (Å²) in [5, 5.41) is 19.2. The maximum Gasteiger partial charge on any atom is 0.125 e. The third-order valence-electron chi connectivity index (χ3n) is 4.35. The van der Waals surface area contributed by atoms with Crippen molar-refractivity contribution in [2.75, 3.05) is 13.2 Å². The van der Waals surface area contributed by atoms with Gasteiger partial charge in [0.05, 0.1) is 26.4 Å². The molecule has 0 fully saturated rings. The van der Waals surface area contributed by atoms with Crippen molar-refractivity contribution >= 4 is 0 Å². The van der Waals surface area contributed by atoms with Crippen LogP contribution in [0, 0.1) is 0 Å². The maximum atomic E-state index is 9.62. The molecule has 0 saturated carbocycles. The number of ether oxygens (including phenoxy) is 2. The van der Waals surface area contributed by atoms with Crippen LogP contribution in [0.4, 0.5) is 0 Å². The van der Waals surface area contributed by atoms with Crippen LogP contribution < -0.4 is 9.47 Å². The molecule has 1 aromatic rings. The number of aliphatic hydroxyl groups is 2. The van der Waals surface area contributed by atoms with Crippen LogP contribution in [0.15, 0.2) is 12.1 Å². The number of unbranched alkanes of at least 4 members (excludes halogenated alkanes) is 7. The first kappa shape index (κ1) is 21.8. The van der Waals surface area contributed by atoms with E-state index >= 15 is 0 Å². The molecule has 0 radical (unpaired) electrons. The zero-order valence-corrected chi connectivity index (χ0v) is 16.1. The minimum Gasteiger partial charge on any atom is -0.493 e. The molecule has 25 heavy (non-hydrogen) atoms. The molecule has 0 heterocycles. The van der Waals surface area contributed by atoms with Gasteiger partial charge in [0.25, 0.3) is 0 Å². The van der Waals surface area contributed by atoms with Crippen molar-refractivity contribution in [2.45, 2.75) is 84.8 Å². The highest BCUT2D eigenvalue weighted by atomic mass is 16.5. The number of hydrogen-bond donors (Lipinski definition) is 2. The first-order valence-electron chi connectivity index (χ1n) is 9.89. The Hall–Kier alpha value is -1.26. The van der Waals surface area contributed by atoms with Gasteiger partial charge in [-0.1, -0.05) is 58.8 Å². The number of benzene rings is 1. The van der Waals surface area contributed by atoms with Gasteiger partial charge in [-0.3, -0.25) is 0 Å². The van der Waals surface area contributed by atoms with Crippen LogP contribution >= 0.6 is 0 Å². The van der Waals surface area contributed by atoms with Gasteiger partial charge in [0, 0.05) is 11.1 Å². The third-order valence-corrected chi connectivity index (χ3v) is 4.35. The zero-order chi connectivity index (χ0) is 18.3. The van der Waals surface area contributed by atoms with Gasteiger partial charge in [0.2, 0.25) is 0 Å². The van der Waals surface area contributed by atoms with Crippen molar-refractivity contribution in [3.05, 3.63) is 23.3 Å². The fourth-order valence-electron chi connectivity index (χ4n) is 2.76. The summed E-state index contributed by atoms with van der Waals surface area (Å²) < 4.78 is 11.7. The lowest BCUT2D eigenvalue weighted by atomic mass is 10.1. The normalized spacial score (nSPS) is 10.9. The van der Waals surface area contributed by atoms with Gasteiger partial charge in [0.1, 0.15) is 11.5 Å². The predicted molar refractivity (Wildman–Crippen MR) is 102 cm³/mol. The van der Waals surface area contributed by atoms with E-state index < -0.39 is 0 Å². The smallest absolute Gasteiger partial charge is 0.125 e. The predicted octanol–water partition coefficient (Wildman–Crippen LogP) is 4.98. The summed E-state index contributed by atoms with van der Waals surface area (Å²) in [6, 6.07) is 3.61. The van der Waals surface area contributed by atoms with Crippen LogP contribution in [0.25, 0.3) is 0 Å². The highest BCUT2D eigenvalue weighted by molar-refractivity contribution is 5.46. The maximum absolute atomic E-state index is 9.62. The lowest BCUT2D eigenvalue weighted by molar-refractivity contribution is 0.246. The zero-order valence-electron chi connectivity index (χ0n) is 16.1. The van der Waals surface area contributed by atoms with Crippen molar-refractivity contribution in [2.24, 2.45) is 0 Å². The second-order valence-electron chi connectivity index (χ2n) is 6.56. The Morgan fingerprint density at radius 1 is 0.640 bits per heavy atom. The van der Waals surface area contributed by atoms with Gasteiger partial charge in [0.15, 0.2) is 0 Å². The molecule has 0 aliphatic carbocycles. The number of hydrogen-bond acceptors (Lipinski definition) is 4. The first-order valence-corrected chi connectivity index (χ1v) is 9.89. The van der Waals surface area contributed by atoms with Crippen LogP contribution in [0.3, 0.4) is 0 Å². The molecule has 0 aliphatic heterocycles. The van der Waals surface area contributed by atoms with Crippen LogP contribution in [-0.4, -0.2) is 23.4 Å². The molecule has 0 aliphatic rings. The fourth-order valence-corrected chi connectivity index (χ4v) is 2.76. The topological polar surface area (TPSA) is 58.9 Å². The average Bonchev–Trinajstić information content (AvgIpc) is 2.64. The summed E-state index contributed by atoms with van der Waals surface area (Å²) in [5.41, 5.74) is 1.43. The molecule has 1 rings (SSSR count). The highest BCUT2D eigenvalue weighted by Gasteiger charge is 2.11. The van der Waals surface area contributed by atoms with Crippen molar-refractivity contribution in [1.29, 1.82) is 0 Å². The third kappa shape index (κ3) is 8.59. The van der Waals surface area contributed by atoms with Crippen molar-refractivity contribution in [1.82, 2.24) is 0 Å². The van der Waals surface area contributed by atoms with Crippen LogP contribution in [-0.2, 0) is 13.2 Å². The molecule has 0 bridgehead atoms. The molecule has 0 aromatic heterocycles. The summed E-state index contributed by atoms with van der Waals surface area (Å²) in [4.78, 5) is 0. The van der Waals surface area contributed by atoms with Gasteiger partial charge in [-0.05, 0) is 25.0 Å². The Labute approximate surface area is 153 Å². The van der Waals surface area contributed by atoms with E-state index in [1.807, 2.05) is 0 Å². The van der Waals surface area contributed by atoms with E-state index in [1.165, 1.54) is 32.1 Å². The average molecular weight is 353 g/mol. The second-order valence-corrected chi connectivity index (χ2v) is 6.56. The lowest BCUT2D eigenvalue weighted by Gasteiger charge is -2.16. The summed E-state index contributed by atoms with van der Waals surface area (Å²) in [7, 11) is 0. The Bertz CT molecular complexity index is 459. The Kier molecular flexibility index (Phi) is 12.2. The van der Waals surface area contributed by atoms with E-state index in [2.05, 4.69) is 13.8 Å². The molecule has 4 nitrogen and oxygen atoms in total. The molecular weight excluding hydrogens is 316 g/mol. The molecule has 0 unspecified atom stereocenters. The minimum atomic E-state index is -0.0944. The fraction of sp³-hybridized carbons (Fsp3) is 0.714. The van der Waals surface area contributed by atoms with Crippen LogP contribution in [0.1, 0.15) is 82.8 Å². The highest BCUT2D eigenvalue weighted by Crippen LogP contribution is 2.30. The molecule has 1 aromatic carbocycles. The van der Waals surface area contributed by atoms with Gasteiger partial charge in [-0.25, -0.2) is 0 Å². The van der Waals surface area contributed by atoms with Crippen molar-refractivity contribution < 1.29 is 19.7 Å². The minimum absolute atomic E-state index is 0.0942. The molecular formula is C21H36O4. The van der Waals surface area contributed by atoms with Crippen molar-refractivity contribution in [3.8, 4) is 11.5 Å². The Morgan fingerprint density at radius 2 is 1.04 bits per heavy atom. The Morgan fingerprint density at radius 3 is 1.44 bits per heavy atom. The first-order chi connectivity index (χ1) is 12.3. The summed E-state index contributed by atoms with van der Waals surface area (Å²) in [6.07, 6.45) is 10.5. The quantitative estimate of drug-likeness (QED) is 0.437. The van der Waals surface area contributed by atoms with Gasteiger partial charge in [-0.15, -0.1) is 0 Å². The molecule has 144 valence electrons. The molecule has 2 N–H and O–H groups in total. The molecule has 0 amide bonds. The van der Waals surface area contributed by atoms with E-state index in [0.29, 0.717) is 35.8 Å². The lowest BCUT2D eigenvalue weighted by Crippen LogP contribution is -2.05. The monoisotopic (exact) mass is 352 g/mol. The van der Waals surface area contributed by atoms with Gasteiger partial charge < -0.3 is 19.7 Å². The van der Waals surface area contributed by atoms with E-state index in [-0.39, 0.29) is 13.2 Å². The van der Waals surface area contributed by atoms with E-state index in [9.17, 15) is 10.2 Å². The summed E-state index contributed by atoms with van der Waals surface area (Å²) >= 11 is 0. The largest absolute Gasteiger partial charge is 0.493 e. The summed E-state index contributed by atoms with van der Waals surface area (Å²) in [5.74, 6) is 1.30. The number of rotatable bonds is 15. The van der Waals surface area contributed by atoms with Crippen LogP contribution in [0.2, 0.25) is 0 Å². The Balaban J connectivity index is 2.57. The van der Waals surface area contributed by atoms with E-state index in [4.69, 9.17) is 9.47 Å². The standard InChI is InChI=1S/C21H36O4/c1-3-5-7-9-11-13-25-21-15-18(16-22)20(14-19(21)17-23)24-12-10-8-6-4-2/h14-15,22-23H,3-13,16-17H2,1-2H3. The SMILES string of the molecule is CCCCCCCOc1cc(CO)c(OCCCCCC)cc1CO. The second kappa shape index (κ2) is 14.0. The van der Waals surface area contributed by atoms with Gasteiger partial charge in [-0.2, -0.15) is 0 Å². The van der Waals surface area contributed by atoms with E-state index in [0.717, 1.165) is 25.7 Å². The van der Waals surface area contributed by atoms with Crippen LogP contribution in [0.5, 0.6) is 11.5 Å². The molecule has 0 atom stereocenters. The van der Waals surface area contributed by atoms with Gasteiger partial charge >= 0.3 is 0 Å². The van der Waals surface area contributed by atoms with Crippen molar-refractivity contribution in [3.63, 3.8) is 0 Å².